The van der Waals surface area contributed by atoms with Crippen molar-refractivity contribution in [1.29, 1.82) is 0 Å². The van der Waals surface area contributed by atoms with E-state index < -0.39 is 0 Å². The van der Waals surface area contributed by atoms with Crippen molar-refractivity contribution in [2.75, 3.05) is 23.3 Å². The van der Waals surface area contributed by atoms with Crippen molar-refractivity contribution in [2.45, 2.75) is 6.92 Å². The fraction of sp³-hybridized carbons (Fsp3) is 0.167. The Hall–Kier alpha value is -3.46. The van der Waals surface area contributed by atoms with E-state index in [0.717, 1.165) is 5.69 Å². The molecule has 0 unspecified atom stereocenters. The van der Waals surface area contributed by atoms with Gasteiger partial charge >= 0.3 is 6.03 Å². The number of hydrogen-bond acceptors (Lipinski definition) is 5. The second kappa shape index (κ2) is 7.28. The minimum Gasteiger partial charge on any atom is -0.336 e. The van der Waals surface area contributed by atoms with Gasteiger partial charge < -0.3 is 10.6 Å². The number of anilines is 2. The molecule has 10 heteroatoms. The number of carbonyl (C=O) groups excluding carboxylic acids is 2. The molecule has 0 spiro atoms. The van der Waals surface area contributed by atoms with Gasteiger partial charge in [-0.1, -0.05) is 17.7 Å². The van der Waals surface area contributed by atoms with Crippen LogP contribution >= 0.6 is 11.6 Å². The third-order valence-electron chi connectivity index (χ3n) is 4.33. The molecule has 0 aliphatic carbocycles. The molecule has 4 rings (SSSR count). The van der Waals surface area contributed by atoms with Crippen molar-refractivity contribution in [3.63, 3.8) is 0 Å². The lowest BCUT2D eigenvalue weighted by molar-refractivity contribution is 0.102. The zero-order chi connectivity index (χ0) is 19.7. The predicted octanol–water partition coefficient (Wildman–Crippen LogP) is 2.41. The van der Waals surface area contributed by atoms with Crippen molar-refractivity contribution >= 4 is 34.9 Å². The number of nitrogens with zero attached hydrogens (tertiary/aromatic N) is 5. The predicted molar refractivity (Wildman–Crippen MR) is 104 cm³/mol. The van der Waals surface area contributed by atoms with Crippen LogP contribution in [0.15, 0.2) is 42.5 Å². The minimum atomic E-state index is -0.317. The molecular formula is C18H16ClN7O2. The van der Waals surface area contributed by atoms with Gasteiger partial charge in [-0.15, -0.1) is 5.10 Å². The minimum absolute atomic E-state index is 0.232. The van der Waals surface area contributed by atoms with Gasteiger partial charge in [0.2, 0.25) is 0 Å². The highest BCUT2D eigenvalue weighted by Gasteiger charge is 2.24. The molecule has 2 aromatic carbocycles. The van der Waals surface area contributed by atoms with Gasteiger partial charge in [0.15, 0.2) is 5.82 Å². The average Bonchev–Trinajstić information content (AvgIpc) is 3.30. The maximum Gasteiger partial charge on any atom is 0.322 e. The zero-order valence-electron chi connectivity index (χ0n) is 14.9. The zero-order valence-corrected chi connectivity index (χ0v) is 15.6. The van der Waals surface area contributed by atoms with Crippen molar-refractivity contribution < 1.29 is 9.59 Å². The Morgan fingerprint density at radius 2 is 2.11 bits per heavy atom. The summed E-state index contributed by atoms with van der Waals surface area (Å²) in [6.07, 6.45) is 0. The number of benzene rings is 2. The summed E-state index contributed by atoms with van der Waals surface area (Å²) >= 11 is 6.22. The van der Waals surface area contributed by atoms with Gasteiger partial charge in [0.1, 0.15) is 0 Å². The van der Waals surface area contributed by atoms with Crippen LogP contribution in [-0.2, 0) is 0 Å². The number of tetrazole rings is 1. The molecular weight excluding hydrogens is 382 g/mol. The van der Waals surface area contributed by atoms with E-state index >= 15 is 0 Å². The quantitative estimate of drug-likeness (QED) is 0.703. The molecule has 0 saturated carbocycles. The van der Waals surface area contributed by atoms with Gasteiger partial charge in [-0.05, 0) is 53.7 Å². The van der Waals surface area contributed by atoms with Crippen molar-refractivity contribution in [1.82, 2.24) is 25.5 Å². The van der Waals surface area contributed by atoms with Gasteiger partial charge in [-0.2, -0.15) is 4.68 Å². The average molecular weight is 398 g/mol. The van der Waals surface area contributed by atoms with E-state index in [1.807, 2.05) is 6.07 Å². The van der Waals surface area contributed by atoms with Crippen LogP contribution < -0.4 is 15.5 Å². The van der Waals surface area contributed by atoms with Crippen LogP contribution in [0.2, 0.25) is 5.02 Å². The Morgan fingerprint density at radius 3 is 2.82 bits per heavy atom. The van der Waals surface area contributed by atoms with Gasteiger partial charge in [-0.25, -0.2) is 4.79 Å². The summed E-state index contributed by atoms with van der Waals surface area (Å²) in [5.74, 6) is 0.317. The number of amides is 3. The normalized spacial score (nSPS) is 13.5. The molecule has 0 atom stereocenters. The van der Waals surface area contributed by atoms with E-state index in [9.17, 15) is 9.59 Å². The Bertz CT molecular complexity index is 1070. The molecule has 3 aromatic rings. The number of hydrogen-bond donors (Lipinski definition) is 2. The van der Waals surface area contributed by atoms with Crippen LogP contribution in [0.4, 0.5) is 16.2 Å². The fourth-order valence-corrected chi connectivity index (χ4v) is 3.17. The highest BCUT2D eigenvalue weighted by molar-refractivity contribution is 6.34. The molecule has 2 N–H and O–H groups in total. The van der Waals surface area contributed by atoms with Crippen LogP contribution in [-0.4, -0.2) is 45.2 Å². The molecule has 1 aliphatic heterocycles. The first-order chi connectivity index (χ1) is 13.5. The Kier molecular flexibility index (Phi) is 4.66. The fourth-order valence-electron chi connectivity index (χ4n) is 2.95. The van der Waals surface area contributed by atoms with E-state index in [0.29, 0.717) is 40.9 Å². The van der Waals surface area contributed by atoms with Gasteiger partial charge in [0.05, 0.1) is 16.4 Å². The van der Waals surface area contributed by atoms with Crippen LogP contribution in [0.1, 0.15) is 16.2 Å². The van der Waals surface area contributed by atoms with E-state index in [1.165, 1.54) is 4.90 Å². The lowest BCUT2D eigenvalue weighted by Crippen LogP contribution is -2.28. The number of halogens is 1. The Morgan fingerprint density at radius 1 is 1.25 bits per heavy atom. The third kappa shape index (κ3) is 3.39. The molecule has 2 heterocycles. The summed E-state index contributed by atoms with van der Waals surface area (Å²) in [5.41, 5.74) is 2.21. The number of rotatable bonds is 4. The van der Waals surface area contributed by atoms with Crippen LogP contribution in [0.3, 0.4) is 0 Å². The van der Waals surface area contributed by atoms with Crippen LogP contribution in [0.25, 0.3) is 5.69 Å². The maximum atomic E-state index is 12.7. The van der Waals surface area contributed by atoms with Gasteiger partial charge in [0, 0.05) is 24.3 Å². The smallest absolute Gasteiger partial charge is 0.322 e. The van der Waals surface area contributed by atoms with E-state index in [2.05, 4.69) is 26.2 Å². The molecule has 0 bridgehead atoms. The van der Waals surface area contributed by atoms with Gasteiger partial charge in [-0.3, -0.25) is 9.69 Å². The third-order valence-corrected chi connectivity index (χ3v) is 4.65. The van der Waals surface area contributed by atoms with E-state index in [4.69, 9.17) is 11.6 Å². The number of nitrogens with one attached hydrogen (secondary N) is 2. The SMILES string of the molecule is Cc1nnnn1-c1cccc(NC(=O)c2ccc(Cl)c(N3CCNC3=O)c2)c1. The summed E-state index contributed by atoms with van der Waals surface area (Å²) in [6.45, 7) is 2.82. The van der Waals surface area contributed by atoms with E-state index in [1.54, 1.807) is 48.0 Å². The van der Waals surface area contributed by atoms with E-state index in [-0.39, 0.29) is 11.9 Å². The number of urea groups is 1. The largest absolute Gasteiger partial charge is 0.336 e. The maximum absolute atomic E-state index is 12.7. The number of carbonyl (C=O) groups is 2. The second-order valence-corrected chi connectivity index (χ2v) is 6.60. The lowest BCUT2D eigenvalue weighted by Gasteiger charge is -2.17. The molecule has 1 aromatic heterocycles. The molecule has 1 saturated heterocycles. The molecule has 142 valence electrons. The molecule has 28 heavy (non-hydrogen) atoms. The lowest BCUT2D eigenvalue weighted by atomic mass is 10.1. The Labute approximate surface area is 165 Å². The number of aromatic nitrogens is 4. The first-order valence-electron chi connectivity index (χ1n) is 8.54. The van der Waals surface area contributed by atoms with Crippen LogP contribution in [0.5, 0.6) is 0 Å². The highest BCUT2D eigenvalue weighted by Crippen LogP contribution is 2.28. The Balaban J connectivity index is 1.58. The molecule has 1 fully saturated rings. The molecule has 1 aliphatic rings. The van der Waals surface area contributed by atoms with Crippen molar-refractivity contribution in [3.8, 4) is 5.69 Å². The monoisotopic (exact) mass is 397 g/mol. The molecule has 3 amide bonds. The van der Waals surface area contributed by atoms with Crippen molar-refractivity contribution in [3.05, 3.63) is 58.9 Å². The topological polar surface area (TPSA) is 105 Å². The summed E-state index contributed by atoms with van der Waals surface area (Å²) in [6, 6.07) is 11.8. The summed E-state index contributed by atoms with van der Waals surface area (Å²) < 4.78 is 1.57. The first kappa shape index (κ1) is 17.9. The summed E-state index contributed by atoms with van der Waals surface area (Å²) in [7, 11) is 0. The standard InChI is InChI=1S/C18H16ClN7O2/c1-11-22-23-24-26(11)14-4-2-3-13(10-14)21-17(27)12-5-6-15(19)16(9-12)25-8-7-20-18(25)28/h2-6,9-10H,7-8H2,1H3,(H,20,28)(H,21,27). The number of aryl methyl sites for hydroxylation is 1. The first-order valence-corrected chi connectivity index (χ1v) is 8.92. The highest BCUT2D eigenvalue weighted by atomic mass is 35.5. The molecule has 0 radical (unpaired) electrons. The van der Waals surface area contributed by atoms with Gasteiger partial charge in [0.25, 0.3) is 5.91 Å². The summed E-state index contributed by atoms with van der Waals surface area (Å²) in [4.78, 5) is 26.1. The van der Waals surface area contributed by atoms with Crippen molar-refractivity contribution in [2.24, 2.45) is 0 Å². The molecule has 9 nitrogen and oxygen atoms in total. The second-order valence-electron chi connectivity index (χ2n) is 6.19. The van der Waals surface area contributed by atoms with Crippen LogP contribution in [0, 0.1) is 6.92 Å². The summed E-state index contributed by atoms with van der Waals surface area (Å²) in [5, 5.41) is 17.4.